The number of ether oxygens (including phenoxy) is 1. The summed E-state index contributed by atoms with van der Waals surface area (Å²) < 4.78 is 5.32. The molecule has 27 heavy (non-hydrogen) atoms. The van der Waals surface area contributed by atoms with E-state index in [9.17, 15) is 4.79 Å². The lowest BCUT2D eigenvalue weighted by atomic mass is 10.2. The molecule has 1 amide bonds. The number of rotatable bonds is 7. The zero-order valence-corrected chi connectivity index (χ0v) is 15.3. The predicted molar refractivity (Wildman–Crippen MR) is 102 cm³/mol. The van der Waals surface area contributed by atoms with Gasteiger partial charge in [0.05, 0.1) is 29.6 Å². The molecule has 0 aliphatic carbocycles. The fourth-order valence-corrected chi connectivity index (χ4v) is 3.10. The molecule has 3 N–H and O–H groups in total. The number of carbonyl (C=O) groups is 1. The Morgan fingerprint density at radius 2 is 2.33 bits per heavy atom. The highest BCUT2D eigenvalue weighted by atomic mass is 32.2. The average Bonchev–Trinajstić information content (AvgIpc) is 3.09. The van der Waals surface area contributed by atoms with Crippen molar-refractivity contribution in [2.45, 2.75) is 12.1 Å². The first-order chi connectivity index (χ1) is 13.1. The summed E-state index contributed by atoms with van der Waals surface area (Å²) in [7, 11) is 0. The van der Waals surface area contributed by atoms with Crippen LogP contribution in [0.4, 0.5) is 5.69 Å². The van der Waals surface area contributed by atoms with Crippen molar-refractivity contribution in [3.05, 3.63) is 41.7 Å². The van der Waals surface area contributed by atoms with E-state index in [4.69, 9.17) is 15.1 Å². The van der Waals surface area contributed by atoms with Crippen LogP contribution >= 0.6 is 11.8 Å². The molecule has 2 heterocycles. The van der Waals surface area contributed by atoms with Crippen LogP contribution in [0.15, 0.2) is 35.6 Å². The van der Waals surface area contributed by atoms with E-state index in [-0.39, 0.29) is 24.9 Å². The molecule has 138 valence electrons. The second-order valence-electron chi connectivity index (χ2n) is 5.58. The molecular formula is C18H17N5O3S. The summed E-state index contributed by atoms with van der Waals surface area (Å²) in [4.78, 5) is 23.8. The van der Waals surface area contributed by atoms with E-state index >= 15 is 0 Å². The molecule has 0 saturated heterocycles. The van der Waals surface area contributed by atoms with Gasteiger partial charge in [-0.15, -0.1) is 0 Å². The van der Waals surface area contributed by atoms with E-state index in [1.807, 2.05) is 6.07 Å². The number of amides is 1. The van der Waals surface area contributed by atoms with Gasteiger partial charge in [-0.2, -0.15) is 5.26 Å². The minimum atomic E-state index is -0.188. The van der Waals surface area contributed by atoms with E-state index in [1.165, 1.54) is 11.8 Å². The number of pyridine rings is 1. The van der Waals surface area contributed by atoms with Crippen LogP contribution in [0.5, 0.6) is 5.75 Å². The number of anilines is 1. The van der Waals surface area contributed by atoms with Gasteiger partial charge in [-0.25, -0.2) is 9.97 Å². The van der Waals surface area contributed by atoms with Gasteiger partial charge in [-0.05, 0) is 19.1 Å². The van der Waals surface area contributed by atoms with Gasteiger partial charge < -0.3 is 20.1 Å². The number of hydrogen-bond acceptors (Lipinski definition) is 7. The molecule has 0 unspecified atom stereocenters. The molecule has 0 atom stereocenters. The van der Waals surface area contributed by atoms with Gasteiger partial charge in [0, 0.05) is 17.3 Å². The van der Waals surface area contributed by atoms with Gasteiger partial charge in [0.15, 0.2) is 5.16 Å². The number of hydrogen-bond donors (Lipinski definition) is 3. The molecule has 0 bridgehead atoms. The maximum absolute atomic E-state index is 12.2. The minimum absolute atomic E-state index is 0.0738. The first kappa shape index (κ1) is 18.7. The standard InChI is InChI=1S/C18H17N5O3S/c1-11-14(8-19)20-9-15-17(11)23-18(22-15)27-10-16(25)21-12-3-2-4-13(7-12)26-6-5-24/h2-4,7,9,24H,5-6,10H2,1H3,(H,21,25)(H,22,23). The molecule has 3 aromatic rings. The van der Waals surface area contributed by atoms with Gasteiger partial charge in [0.2, 0.25) is 5.91 Å². The van der Waals surface area contributed by atoms with Crippen molar-refractivity contribution >= 4 is 34.4 Å². The summed E-state index contributed by atoms with van der Waals surface area (Å²) >= 11 is 1.26. The van der Waals surface area contributed by atoms with Crippen molar-refractivity contribution in [1.82, 2.24) is 15.0 Å². The van der Waals surface area contributed by atoms with Gasteiger partial charge in [-0.3, -0.25) is 4.79 Å². The normalized spacial score (nSPS) is 10.6. The van der Waals surface area contributed by atoms with Crippen molar-refractivity contribution in [2.75, 3.05) is 24.3 Å². The lowest BCUT2D eigenvalue weighted by molar-refractivity contribution is -0.113. The quantitative estimate of drug-likeness (QED) is 0.535. The molecule has 0 radical (unpaired) electrons. The van der Waals surface area contributed by atoms with Crippen LogP contribution < -0.4 is 10.1 Å². The van der Waals surface area contributed by atoms with Crippen LogP contribution in [-0.2, 0) is 4.79 Å². The first-order valence-electron chi connectivity index (χ1n) is 8.12. The fourth-order valence-electron chi connectivity index (χ4n) is 2.42. The van der Waals surface area contributed by atoms with E-state index < -0.39 is 0 Å². The SMILES string of the molecule is Cc1c(C#N)ncc2[nH]c(SCC(=O)Nc3cccc(OCCO)c3)nc12. The Bertz CT molecular complexity index is 1010. The second kappa shape index (κ2) is 8.53. The Kier molecular flexibility index (Phi) is 5.90. The highest BCUT2D eigenvalue weighted by Gasteiger charge is 2.12. The largest absolute Gasteiger partial charge is 0.491 e. The lowest BCUT2D eigenvalue weighted by Gasteiger charge is -2.08. The number of fused-ring (bicyclic) bond motifs is 1. The van der Waals surface area contributed by atoms with E-state index in [1.54, 1.807) is 37.4 Å². The molecule has 9 heteroatoms. The third-order valence-electron chi connectivity index (χ3n) is 3.67. The second-order valence-corrected chi connectivity index (χ2v) is 6.55. The smallest absolute Gasteiger partial charge is 0.234 e. The number of imidazole rings is 1. The summed E-state index contributed by atoms with van der Waals surface area (Å²) in [5.74, 6) is 0.550. The molecule has 0 spiro atoms. The number of aliphatic hydroxyl groups excluding tert-OH is 1. The monoisotopic (exact) mass is 383 g/mol. The van der Waals surface area contributed by atoms with Crippen LogP contribution in [0.1, 0.15) is 11.3 Å². The summed E-state index contributed by atoms with van der Waals surface area (Å²) in [6.07, 6.45) is 1.57. The summed E-state index contributed by atoms with van der Waals surface area (Å²) in [5, 5.41) is 21.2. The fraction of sp³-hybridized carbons (Fsp3) is 0.222. The third kappa shape index (κ3) is 4.55. The molecule has 0 aliphatic rings. The van der Waals surface area contributed by atoms with Gasteiger partial charge in [0.1, 0.15) is 24.1 Å². The molecule has 2 aromatic heterocycles. The maximum Gasteiger partial charge on any atom is 0.234 e. The number of nitriles is 1. The number of aromatic nitrogens is 3. The molecule has 8 nitrogen and oxygen atoms in total. The number of aromatic amines is 1. The van der Waals surface area contributed by atoms with Crippen LogP contribution in [0.25, 0.3) is 11.0 Å². The number of nitrogens with zero attached hydrogens (tertiary/aromatic N) is 3. The van der Waals surface area contributed by atoms with Crippen LogP contribution in [0, 0.1) is 18.3 Å². The van der Waals surface area contributed by atoms with Crippen molar-refractivity contribution < 1.29 is 14.6 Å². The molecule has 0 fully saturated rings. The number of thioether (sulfide) groups is 1. The highest BCUT2D eigenvalue weighted by molar-refractivity contribution is 7.99. The molecule has 0 saturated carbocycles. The number of H-pyrrole nitrogens is 1. The Morgan fingerprint density at radius 3 is 3.11 bits per heavy atom. The Balaban J connectivity index is 1.62. The van der Waals surface area contributed by atoms with Gasteiger partial charge in [0.25, 0.3) is 0 Å². The molecule has 1 aromatic carbocycles. The number of nitrogens with one attached hydrogen (secondary N) is 2. The summed E-state index contributed by atoms with van der Waals surface area (Å²) in [5.41, 5.74) is 3.06. The van der Waals surface area contributed by atoms with E-state index in [0.29, 0.717) is 33.4 Å². The van der Waals surface area contributed by atoms with Crippen molar-refractivity contribution in [3.8, 4) is 11.8 Å². The Hall–Kier alpha value is -3.09. The zero-order valence-electron chi connectivity index (χ0n) is 14.5. The minimum Gasteiger partial charge on any atom is -0.491 e. The Labute approximate surface area is 159 Å². The highest BCUT2D eigenvalue weighted by Crippen LogP contribution is 2.23. The number of carbonyl (C=O) groups excluding carboxylic acids is 1. The topological polar surface area (TPSA) is 124 Å². The van der Waals surface area contributed by atoms with E-state index in [2.05, 4.69) is 20.3 Å². The zero-order chi connectivity index (χ0) is 19.2. The van der Waals surface area contributed by atoms with Crippen LogP contribution in [0.3, 0.4) is 0 Å². The maximum atomic E-state index is 12.2. The molecular weight excluding hydrogens is 366 g/mol. The number of aliphatic hydroxyl groups is 1. The Morgan fingerprint density at radius 1 is 1.48 bits per heavy atom. The van der Waals surface area contributed by atoms with Crippen molar-refractivity contribution in [2.24, 2.45) is 0 Å². The predicted octanol–water partition coefficient (Wildman–Crippen LogP) is 2.24. The lowest BCUT2D eigenvalue weighted by Crippen LogP contribution is -2.14. The van der Waals surface area contributed by atoms with Crippen molar-refractivity contribution in [1.29, 1.82) is 5.26 Å². The van der Waals surface area contributed by atoms with Gasteiger partial charge >= 0.3 is 0 Å². The molecule has 0 aliphatic heterocycles. The number of aryl methyl sites for hydroxylation is 1. The average molecular weight is 383 g/mol. The summed E-state index contributed by atoms with van der Waals surface area (Å²) in [6.45, 7) is 1.92. The van der Waals surface area contributed by atoms with Crippen LogP contribution in [0.2, 0.25) is 0 Å². The van der Waals surface area contributed by atoms with Gasteiger partial charge in [-0.1, -0.05) is 17.8 Å². The first-order valence-corrected chi connectivity index (χ1v) is 9.11. The van der Waals surface area contributed by atoms with Crippen LogP contribution in [-0.4, -0.2) is 44.9 Å². The third-order valence-corrected chi connectivity index (χ3v) is 4.54. The van der Waals surface area contributed by atoms with E-state index in [0.717, 1.165) is 5.52 Å². The summed E-state index contributed by atoms with van der Waals surface area (Å²) in [6, 6.07) is 8.99. The molecule has 3 rings (SSSR count). The number of benzene rings is 1. The van der Waals surface area contributed by atoms with Crippen molar-refractivity contribution in [3.63, 3.8) is 0 Å².